The van der Waals surface area contributed by atoms with Crippen LogP contribution in [0.3, 0.4) is 0 Å². The van der Waals surface area contributed by atoms with E-state index in [0.29, 0.717) is 16.8 Å². The number of hydrogen-bond acceptors (Lipinski definition) is 15. The summed E-state index contributed by atoms with van der Waals surface area (Å²) in [6.45, 7) is 0. The van der Waals surface area contributed by atoms with Gasteiger partial charge in [0.25, 0.3) is 0 Å². The molecule has 0 fully saturated rings. The van der Waals surface area contributed by atoms with E-state index in [1.807, 2.05) is 18.2 Å². The number of ether oxygens (including phenoxy) is 1. The zero-order valence-electron chi connectivity index (χ0n) is 33.7. The molecule has 9 aromatic heterocycles. The van der Waals surface area contributed by atoms with Gasteiger partial charge in [-0.3, -0.25) is 9.97 Å². The van der Waals surface area contributed by atoms with Crippen molar-refractivity contribution in [2.45, 2.75) is 18.5 Å². The van der Waals surface area contributed by atoms with Crippen molar-refractivity contribution in [2.24, 2.45) is 0 Å². The van der Waals surface area contributed by atoms with Crippen LogP contribution < -0.4 is 15.8 Å². The second kappa shape index (κ2) is 21.0. The summed E-state index contributed by atoms with van der Waals surface area (Å²) >= 11 is 5.36. The van der Waals surface area contributed by atoms with Crippen molar-refractivity contribution in [1.29, 1.82) is 0 Å². The number of nitrogens with one attached hydrogen (secondary N) is 1. The van der Waals surface area contributed by atoms with E-state index < -0.39 is 47.2 Å². The summed E-state index contributed by atoms with van der Waals surface area (Å²) in [6.07, 6.45) is -5.14. The van der Waals surface area contributed by atoms with E-state index >= 15 is 0 Å². The quantitative estimate of drug-likeness (QED) is 0.151. The van der Waals surface area contributed by atoms with Crippen molar-refractivity contribution in [3.63, 3.8) is 0 Å². The highest BCUT2D eigenvalue weighted by molar-refractivity contribution is 9.11. The minimum absolute atomic E-state index is 0.00572. The Morgan fingerprint density at radius 2 is 1.10 bits per heavy atom. The first-order chi connectivity index (χ1) is 32.7. The number of alkyl halides is 9. The first-order valence-corrected chi connectivity index (χ1v) is 22.1. The standard InChI is InChI=1S/C16H9F3N4OS.C15H8F4N6S.C5H5FN2.C4HBrF3NS/c17-16(18,19)12-9-25-15(20-12)13-21-14(11-7-4-8-23(11)22-13)24-10-5-2-1-3-6-10;16-8-6-20-4-3-9(8)21-12-10-2-1-5-25(10)24-13(23-12)14-22-11(7-26-14)15(17,18)19;6-4-3-8-2-1-5(4)7;5-3-9-2(1-10-3)4(6,7)8/h1-9H;1-7H,(H,20,21,23,24);1-3H,(H2,7,8);1H. The van der Waals surface area contributed by atoms with Gasteiger partial charge in [-0.2, -0.15) is 44.5 Å². The Morgan fingerprint density at radius 3 is 1.59 bits per heavy atom. The number of benzene rings is 1. The molecule has 0 aliphatic carbocycles. The molecule has 14 nitrogen and oxygen atoms in total. The molecule has 0 unspecified atom stereocenters. The molecule has 0 radical (unpaired) electrons. The van der Waals surface area contributed by atoms with Crippen LogP contribution >= 0.6 is 49.9 Å². The number of halogens is 12. The van der Waals surface area contributed by atoms with E-state index in [1.54, 1.807) is 48.8 Å². The van der Waals surface area contributed by atoms with Crippen LogP contribution in [0.4, 0.5) is 65.5 Å². The predicted molar refractivity (Wildman–Crippen MR) is 236 cm³/mol. The lowest BCUT2D eigenvalue weighted by Crippen LogP contribution is -2.06. The Kier molecular flexibility index (Phi) is 15.1. The molecule has 1 aromatic carbocycles. The summed E-state index contributed by atoms with van der Waals surface area (Å²) in [4.78, 5) is 26.0. The SMILES string of the molecule is FC(F)(F)c1csc(-c2nc(Oc3ccccc3)c3cccn3n2)n1.FC(F)(F)c1csc(Br)n1.Fc1cnccc1Nc1nc(-c2nc(C(F)(F)F)cs2)nn2cccc12.Nc1ccncc1F. The highest BCUT2D eigenvalue weighted by Crippen LogP contribution is 2.36. The Balaban J connectivity index is 0.000000151. The molecule has 0 saturated heterocycles. The molecule has 9 heterocycles. The van der Waals surface area contributed by atoms with Crippen molar-refractivity contribution in [1.82, 2.24) is 54.1 Å². The number of fused-ring (bicyclic) bond motifs is 2. The second-order valence-electron chi connectivity index (χ2n) is 13.0. The molecule has 3 N–H and O–H groups in total. The molecular weight excluding hydrogens is 1060 g/mol. The molecule has 0 aliphatic rings. The van der Waals surface area contributed by atoms with Crippen LogP contribution in [0.1, 0.15) is 17.1 Å². The first-order valence-electron chi connectivity index (χ1n) is 18.6. The van der Waals surface area contributed by atoms with Crippen molar-refractivity contribution in [3.8, 4) is 33.3 Å². The molecule has 69 heavy (non-hydrogen) atoms. The summed E-state index contributed by atoms with van der Waals surface area (Å²) < 4.78 is 147. The van der Waals surface area contributed by atoms with Gasteiger partial charge in [0.05, 0.1) is 23.8 Å². The third-order valence-electron chi connectivity index (χ3n) is 8.27. The van der Waals surface area contributed by atoms with Crippen LogP contribution in [0, 0.1) is 11.6 Å². The van der Waals surface area contributed by atoms with E-state index in [4.69, 9.17) is 10.5 Å². The maximum Gasteiger partial charge on any atom is 0.434 e. The number of para-hydroxylation sites is 1. The number of hydrogen-bond donors (Lipinski definition) is 2. The fourth-order valence-electron chi connectivity index (χ4n) is 5.18. The molecule has 356 valence electrons. The van der Waals surface area contributed by atoms with Crippen LogP contribution in [0.15, 0.2) is 124 Å². The molecule has 0 bridgehead atoms. The number of pyridine rings is 2. The minimum Gasteiger partial charge on any atom is -0.437 e. The molecule has 0 aliphatic heterocycles. The van der Waals surface area contributed by atoms with E-state index in [9.17, 15) is 48.3 Å². The zero-order chi connectivity index (χ0) is 49.5. The zero-order valence-corrected chi connectivity index (χ0v) is 37.7. The summed E-state index contributed by atoms with van der Waals surface area (Å²) in [5.41, 5.74) is 3.68. The Bertz CT molecular complexity index is 3280. The van der Waals surface area contributed by atoms with E-state index in [2.05, 4.69) is 66.3 Å². The highest BCUT2D eigenvalue weighted by Gasteiger charge is 2.36. The number of anilines is 3. The fourth-order valence-corrected chi connectivity index (χ4v) is 7.70. The number of nitrogens with two attached hydrogens (primary N) is 1. The van der Waals surface area contributed by atoms with Gasteiger partial charge >= 0.3 is 18.5 Å². The van der Waals surface area contributed by atoms with Crippen LogP contribution in [0.2, 0.25) is 0 Å². The molecule has 29 heteroatoms. The van der Waals surface area contributed by atoms with Gasteiger partial charge in [-0.1, -0.05) is 18.2 Å². The minimum atomic E-state index is -4.55. The number of nitrogen functional groups attached to an aromatic ring is 1. The van der Waals surface area contributed by atoms with Gasteiger partial charge in [0.15, 0.2) is 48.5 Å². The average molecular weight is 1090 g/mol. The number of aromatic nitrogens is 11. The summed E-state index contributed by atoms with van der Waals surface area (Å²) in [5.74, 6) is 0.0314. The van der Waals surface area contributed by atoms with Gasteiger partial charge < -0.3 is 15.8 Å². The van der Waals surface area contributed by atoms with Crippen molar-refractivity contribution in [2.75, 3.05) is 11.1 Å². The number of rotatable bonds is 6. The fraction of sp³-hybridized carbons (Fsp3) is 0.0750. The van der Waals surface area contributed by atoms with Crippen LogP contribution in [0.5, 0.6) is 11.6 Å². The van der Waals surface area contributed by atoms with Crippen LogP contribution in [-0.4, -0.2) is 54.1 Å². The average Bonchev–Trinajstić information content (AvgIpc) is 4.16. The lowest BCUT2D eigenvalue weighted by atomic mass is 10.3. The Hall–Kier alpha value is -7.24. The summed E-state index contributed by atoms with van der Waals surface area (Å²) in [6, 6.07) is 18.7. The van der Waals surface area contributed by atoms with E-state index in [-0.39, 0.29) is 48.7 Å². The maximum atomic E-state index is 13.8. The van der Waals surface area contributed by atoms with Crippen molar-refractivity contribution in [3.05, 3.63) is 153 Å². The summed E-state index contributed by atoms with van der Waals surface area (Å²) in [7, 11) is 0. The largest absolute Gasteiger partial charge is 0.437 e. The monoisotopic (exact) mass is 1090 g/mol. The van der Waals surface area contributed by atoms with Gasteiger partial charge in [-0.15, -0.1) is 44.2 Å². The predicted octanol–water partition coefficient (Wildman–Crippen LogP) is 12.5. The van der Waals surface area contributed by atoms with Gasteiger partial charge in [0.2, 0.25) is 17.5 Å². The lowest BCUT2D eigenvalue weighted by molar-refractivity contribution is -0.141. The second-order valence-corrected chi connectivity index (χ2v) is 16.9. The molecular formula is C40H23BrF11N13OS3. The first kappa shape index (κ1) is 49.7. The van der Waals surface area contributed by atoms with Gasteiger partial charge in [-0.25, -0.2) is 37.7 Å². The van der Waals surface area contributed by atoms with Gasteiger partial charge in [0.1, 0.15) is 16.8 Å². The third-order valence-corrected chi connectivity index (χ3v) is 11.3. The normalized spacial score (nSPS) is 11.5. The van der Waals surface area contributed by atoms with Crippen molar-refractivity contribution < 1.29 is 53.0 Å². The van der Waals surface area contributed by atoms with Gasteiger partial charge in [-0.05, 0) is 64.5 Å². The third kappa shape index (κ3) is 12.9. The van der Waals surface area contributed by atoms with E-state index in [0.717, 1.165) is 62.5 Å². The Labute approximate surface area is 399 Å². The lowest BCUT2D eigenvalue weighted by Gasteiger charge is -2.09. The number of thiazole rings is 3. The van der Waals surface area contributed by atoms with Gasteiger partial charge in [0, 0.05) is 40.9 Å². The maximum absolute atomic E-state index is 13.8. The molecule has 10 rings (SSSR count). The molecule has 0 saturated carbocycles. The number of nitrogens with zero attached hydrogens (tertiary/aromatic N) is 11. The Morgan fingerprint density at radius 1 is 0.580 bits per heavy atom. The smallest absolute Gasteiger partial charge is 0.434 e. The van der Waals surface area contributed by atoms with Crippen molar-refractivity contribution >= 4 is 78.2 Å². The molecule has 0 amide bonds. The topological polar surface area (TPSA) is 172 Å². The van der Waals surface area contributed by atoms with Crippen LogP contribution in [-0.2, 0) is 18.5 Å². The molecule has 0 atom stereocenters. The highest BCUT2D eigenvalue weighted by atomic mass is 79.9. The molecule has 10 aromatic rings. The molecule has 0 spiro atoms. The summed E-state index contributed by atoms with van der Waals surface area (Å²) in [5, 5.41) is 14.1. The van der Waals surface area contributed by atoms with Crippen LogP contribution in [0.25, 0.3) is 32.7 Å². The van der Waals surface area contributed by atoms with E-state index in [1.165, 1.54) is 33.6 Å².